The molecule has 0 aliphatic carbocycles. The Labute approximate surface area is 225 Å². The Balaban J connectivity index is 1.20. The van der Waals surface area contributed by atoms with E-state index in [0.29, 0.717) is 19.6 Å². The monoisotopic (exact) mass is 517 g/mol. The van der Waals surface area contributed by atoms with Gasteiger partial charge in [0.05, 0.1) is 30.7 Å². The number of carbonyl (C=O) groups is 1. The number of piperazine rings is 1. The molecule has 0 radical (unpaired) electrons. The first-order chi connectivity index (χ1) is 18.3. The van der Waals surface area contributed by atoms with Crippen LogP contribution in [0.25, 0.3) is 0 Å². The minimum Gasteiger partial charge on any atom is -0.372 e. The lowest BCUT2D eigenvalue weighted by Gasteiger charge is -2.42. The maximum Gasteiger partial charge on any atom is 0.249 e. The highest BCUT2D eigenvalue weighted by molar-refractivity contribution is 6.30. The Kier molecular flexibility index (Phi) is 7.74. The highest BCUT2D eigenvalue weighted by Gasteiger charge is 2.33. The molecule has 4 atom stereocenters. The molecule has 4 heterocycles. The molecule has 2 saturated heterocycles. The van der Waals surface area contributed by atoms with Crippen molar-refractivity contribution >= 4 is 23.8 Å². The first kappa shape index (κ1) is 26.3. The fourth-order valence-corrected chi connectivity index (χ4v) is 5.69. The summed E-state index contributed by atoms with van der Waals surface area (Å²) < 4.78 is 5.77. The molecule has 0 N–H and O–H groups in total. The van der Waals surface area contributed by atoms with Crippen molar-refractivity contribution in [1.82, 2.24) is 20.0 Å². The number of aromatic nitrogens is 2. The van der Waals surface area contributed by atoms with Gasteiger partial charge in [0.25, 0.3) is 0 Å². The number of carbonyl (C=O) groups excluding carboxylic acids is 1. The molecule has 4 unspecified atom stereocenters. The third kappa shape index (κ3) is 5.57. The van der Waals surface area contributed by atoms with Gasteiger partial charge in [-0.25, -0.2) is 0 Å². The molecular formula is C29H39N7O2. The number of rotatable bonds is 4. The number of amidine groups is 1. The lowest BCUT2D eigenvalue weighted by atomic mass is 10.0. The molecule has 1 aromatic heterocycles. The molecule has 2 aromatic rings. The molecule has 0 saturated carbocycles. The van der Waals surface area contributed by atoms with Gasteiger partial charge in [0.15, 0.2) is 5.82 Å². The predicted molar refractivity (Wildman–Crippen MR) is 150 cm³/mol. The van der Waals surface area contributed by atoms with E-state index in [-0.39, 0.29) is 24.2 Å². The van der Waals surface area contributed by atoms with E-state index in [2.05, 4.69) is 70.0 Å². The Morgan fingerprint density at radius 1 is 0.974 bits per heavy atom. The summed E-state index contributed by atoms with van der Waals surface area (Å²) in [6.45, 7) is 14.6. The lowest BCUT2D eigenvalue weighted by molar-refractivity contribution is -0.144. The zero-order chi connectivity index (χ0) is 26.8. The summed E-state index contributed by atoms with van der Waals surface area (Å²) in [4.78, 5) is 28.9. The van der Waals surface area contributed by atoms with Crippen LogP contribution in [0.3, 0.4) is 0 Å². The molecular weight excluding hydrogens is 478 g/mol. The van der Waals surface area contributed by atoms with E-state index in [1.54, 1.807) is 6.21 Å². The van der Waals surface area contributed by atoms with Gasteiger partial charge in [0, 0.05) is 45.2 Å². The van der Waals surface area contributed by atoms with E-state index in [1.165, 1.54) is 16.7 Å². The smallest absolute Gasteiger partial charge is 0.249 e. The van der Waals surface area contributed by atoms with Crippen LogP contribution in [0.1, 0.15) is 43.2 Å². The fraction of sp³-hybridized carbons (Fsp3) is 0.552. The van der Waals surface area contributed by atoms with E-state index >= 15 is 0 Å². The van der Waals surface area contributed by atoms with Crippen molar-refractivity contribution in [2.24, 2.45) is 9.98 Å². The molecule has 202 valence electrons. The number of nitrogens with zero attached hydrogens (tertiary/aromatic N) is 7. The Bertz CT molecular complexity index is 1200. The summed E-state index contributed by atoms with van der Waals surface area (Å²) in [7, 11) is 0. The number of anilines is 1. The van der Waals surface area contributed by atoms with Gasteiger partial charge < -0.3 is 19.4 Å². The summed E-state index contributed by atoms with van der Waals surface area (Å²) in [5.74, 6) is 1.87. The highest BCUT2D eigenvalue weighted by Crippen LogP contribution is 2.25. The van der Waals surface area contributed by atoms with Gasteiger partial charge in [-0.3, -0.25) is 14.8 Å². The maximum atomic E-state index is 13.0. The SMILES string of the molecule is Cc1c(Cc2ccccc2)nnc(N2CCN(C3=NCC(C(=O)N4CC(C)OC(C)C4)N=C3)C(C)C2)c1C. The van der Waals surface area contributed by atoms with E-state index in [0.717, 1.165) is 43.4 Å². The normalized spacial score (nSPS) is 25.9. The molecule has 0 bridgehead atoms. The number of amides is 1. The molecule has 3 aliphatic heterocycles. The van der Waals surface area contributed by atoms with Gasteiger partial charge in [0.1, 0.15) is 11.9 Å². The van der Waals surface area contributed by atoms with Gasteiger partial charge in [-0.15, -0.1) is 5.10 Å². The van der Waals surface area contributed by atoms with Crippen LogP contribution in [0, 0.1) is 13.8 Å². The van der Waals surface area contributed by atoms with Crippen LogP contribution in [0.4, 0.5) is 5.82 Å². The summed E-state index contributed by atoms with van der Waals surface area (Å²) in [6.07, 6.45) is 2.67. The minimum absolute atomic E-state index is 0.0451. The van der Waals surface area contributed by atoms with E-state index in [4.69, 9.17) is 9.73 Å². The van der Waals surface area contributed by atoms with Crippen LogP contribution in [0.5, 0.6) is 0 Å². The van der Waals surface area contributed by atoms with Crippen LogP contribution in [-0.4, -0.2) is 102 Å². The standard InChI is InChI=1S/C29H39N7O2/c1-19-16-34(28-23(5)22(4)25(32-33-28)13-24-9-7-6-8-10-24)11-12-36(19)27-15-30-26(14-31-27)29(37)35-17-20(2)38-21(3)18-35/h6-10,15,19-21,26H,11-14,16-18H2,1-5H3. The second kappa shape index (κ2) is 11.2. The zero-order valence-corrected chi connectivity index (χ0v) is 23.2. The van der Waals surface area contributed by atoms with Gasteiger partial charge in [-0.05, 0) is 51.3 Å². The molecule has 5 rings (SSSR count). The zero-order valence-electron chi connectivity index (χ0n) is 23.2. The fourth-order valence-electron chi connectivity index (χ4n) is 5.69. The number of aliphatic imine (C=N–C) groups is 2. The summed E-state index contributed by atoms with van der Waals surface area (Å²) >= 11 is 0. The molecule has 3 aliphatic rings. The van der Waals surface area contributed by atoms with E-state index in [9.17, 15) is 4.79 Å². The molecule has 1 amide bonds. The summed E-state index contributed by atoms with van der Waals surface area (Å²) in [5.41, 5.74) is 4.67. The average Bonchev–Trinajstić information content (AvgIpc) is 2.91. The molecule has 1 aromatic carbocycles. The molecule has 38 heavy (non-hydrogen) atoms. The number of hydrogen-bond acceptors (Lipinski definition) is 8. The Hall–Kier alpha value is -3.33. The second-order valence-electron chi connectivity index (χ2n) is 10.9. The van der Waals surface area contributed by atoms with Crippen molar-refractivity contribution in [3.05, 3.63) is 52.7 Å². The van der Waals surface area contributed by atoms with Crippen molar-refractivity contribution in [2.75, 3.05) is 44.2 Å². The first-order valence-corrected chi connectivity index (χ1v) is 13.7. The molecule has 9 heteroatoms. The average molecular weight is 518 g/mol. The summed E-state index contributed by atoms with van der Waals surface area (Å²) in [5, 5.41) is 9.29. The number of benzene rings is 1. The number of ether oxygens (including phenoxy) is 1. The van der Waals surface area contributed by atoms with Gasteiger partial charge in [-0.2, -0.15) is 5.10 Å². The summed E-state index contributed by atoms with van der Waals surface area (Å²) in [6, 6.07) is 10.2. The Morgan fingerprint density at radius 3 is 2.37 bits per heavy atom. The van der Waals surface area contributed by atoms with Gasteiger partial charge in [-0.1, -0.05) is 30.3 Å². The van der Waals surface area contributed by atoms with E-state index in [1.807, 2.05) is 24.8 Å². The number of hydrogen-bond donors (Lipinski definition) is 0. The topological polar surface area (TPSA) is 86.5 Å². The van der Waals surface area contributed by atoms with Crippen molar-refractivity contribution in [3.8, 4) is 0 Å². The van der Waals surface area contributed by atoms with Crippen molar-refractivity contribution in [3.63, 3.8) is 0 Å². The highest BCUT2D eigenvalue weighted by atomic mass is 16.5. The predicted octanol–water partition coefficient (Wildman–Crippen LogP) is 2.68. The van der Waals surface area contributed by atoms with Crippen LogP contribution < -0.4 is 4.90 Å². The van der Waals surface area contributed by atoms with Crippen LogP contribution >= 0.6 is 0 Å². The van der Waals surface area contributed by atoms with Crippen molar-refractivity contribution in [2.45, 2.75) is 65.3 Å². The first-order valence-electron chi connectivity index (χ1n) is 13.7. The number of morpholine rings is 1. The largest absolute Gasteiger partial charge is 0.372 e. The second-order valence-corrected chi connectivity index (χ2v) is 10.9. The maximum absolute atomic E-state index is 13.0. The van der Waals surface area contributed by atoms with Gasteiger partial charge in [0.2, 0.25) is 5.91 Å². The quantitative estimate of drug-likeness (QED) is 0.620. The Morgan fingerprint density at radius 2 is 1.71 bits per heavy atom. The lowest BCUT2D eigenvalue weighted by Crippen LogP contribution is -2.56. The van der Waals surface area contributed by atoms with Crippen molar-refractivity contribution < 1.29 is 9.53 Å². The molecule has 0 spiro atoms. The van der Waals surface area contributed by atoms with Crippen molar-refractivity contribution in [1.29, 1.82) is 0 Å². The van der Waals surface area contributed by atoms with Crippen LogP contribution in [-0.2, 0) is 16.0 Å². The molecule has 2 fully saturated rings. The van der Waals surface area contributed by atoms with Crippen LogP contribution in [0.2, 0.25) is 0 Å². The third-order valence-corrected chi connectivity index (χ3v) is 7.84. The van der Waals surface area contributed by atoms with Gasteiger partial charge >= 0.3 is 0 Å². The van der Waals surface area contributed by atoms with Crippen LogP contribution in [0.15, 0.2) is 40.3 Å². The third-order valence-electron chi connectivity index (χ3n) is 7.84. The van der Waals surface area contributed by atoms with E-state index < -0.39 is 6.04 Å². The molecule has 9 nitrogen and oxygen atoms in total. The minimum atomic E-state index is -0.442.